The Kier molecular flexibility index (Phi) is 3.74. The number of benzene rings is 1. The van der Waals surface area contributed by atoms with Crippen LogP contribution in [-0.4, -0.2) is 22.5 Å². The van der Waals surface area contributed by atoms with Gasteiger partial charge in [-0.3, -0.25) is 9.59 Å². The molecule has 2 rings (SSSR count). The van der Waals surface area contributed by atoms with E-state index in [2.05, 4.69) is 5.32 Å². The molecule has 102 valence electrons. The van der Waals surface area contributed by atoms with E-state index in [4.69, 9.17) is 10.8 Å². The van der Waals surface area contributed by atoms with Crippen LogP contribution < -0.4 is 11.1 Å². The number of aliphatic carboxylic acids is 1. The van der Waals surface area contributed by atoms with Crippen LogP contribution in [-0.2, 0) is 4.79 Å². The Morgan fingerprint density at radius 2 is 1.89 bits per heavy atom. The molecule has 1 fully saturated rings. The molecule has 0 spiro atoms. The van der Waals surface area contributed by atoms with Crippen molar-refractivity contribution in [3.05, 3.63) is 29.8 Å². The fraction of sp³-hybridized carbons (Fsp3) is 0.429. The number of nitrogens with one attached hydrogen (secondary N) is 1. The van der Waals surface area contributed by atoms with Gasteiger partial charge >= 0.3 is 5.97 Å². The highest BCUT2D eigenvalue weighted by atomic mass is 16.4. The summed E-state index contributed by atoms with van der Waals surface area (Å²) >= 11 is 0. The molecule has 0 aliphatic heterocycles. The highest BCUT2D eigenvalue weighted by molar-refractivity contribution is 5.98. The molecule has 0 heterocycles. The Morgan fingerprint density at radius 3 is 2.47 bits per heavy atom. The normalized spacial score (nSPS) is 17.1. The molecule has 1 aromatic carbocycles. The van der Waals surface area contributed by atoms with Gasteiger partial charge in [0.2, 0.25) is 0 Å². The number of para-hydroxylation sites is 1. The Balaban J connectivity index is 2.27. The Hall–Kier alpha value is -2.04. The van der Waals surface area contributed by atoms with Crippen molar-refractivity contribution in [3.8, 4) is 0 Å². The van der Waals surface area contributed by atoms with Gasteiger partial charge in [0, 0.05) is 11.2 Å². The third kappa shape index (κ3) is 3.05. The lowest BCUT2D eigenvalue weighted by Crippen LogP contribution is -2.38. The first kappa shape index (κ1) is 13.4. The largest absolute Gasteiger partial charge is 0.481 e. The minimum Gasteiger partial charge on any atom is -0.481 e. The number of rotatable bonds is 5. The number of carboxylic acid groups (broad SMARTS) is 1. The van der Waals surface area contributed by atoms with E-state index in [1.54, 1.807) is 24.3 Å². The number of carbonyl (C=O) groups is 2. The first-order valence-electron chi connectivity index (χ1n) is 6.41. The fourth-order valence-corrected chi connectivity index (χ4v) is 2.78. The van der Waals surface area contributed by atoms with Crippen LogP contribution in [0, 0.1) is 0 Å². The monoisotopic (exact) mass is 262 g/mol. The lowest BCUT2D eigenvalue weighted by Gasteiger charge is -2.30. The van der Waals surface area contributed by atoms with Crippen molar-refractivity contribution in [1.29, 1.82) is 0 Å². The third-order valence-electron chi connectivity index (χ3n) is 3.64. The van der Waals surface area contributed by atoms with Crippen molar-refractivity contribution in [1.82, 2.24) is 0 Å². The molecule has 0 unspecified atom stereocenters. The summed E-state index contributed by atoms with van der Waals surface area (Å²) in [7, 11) is 0. The lowest BCUT2D eigenvalue weighted by molar-refractivity contribution is -0.138. The molecule has 0 bridgehead atoms. The highest BCUT2D eigenvalue weighted by Crippen LogP contribution is 2.36. The van der Waals surface area contributed by atoms with Crippen molar-refractivity contribution in [2.24, 2.45) is 5.73 Å². The van der Waals surface area contributed by atoms with Crippen LogP contribution >= 0.6 is 0 Å². The quantitative estimate of drug-likeness (QED) is 0.756. The van der Waals surface area contributed by atoms with E-state index in [9.17, 15) is 9.59 Å². The molecule has 4 N–H and O–H groups in total. The maximum Gasteiger partial charge on any atom is 0.305 e. The summed E-state index contributed by atoms with van der Waals surface area (Å²) < 4.78 is 0. The van der Waals surface area contributed by atoms with Crippen molar-refractivity contribution >= 4 is 17.6 Å². The predicted molar refractivity (Wildman–Crippen MR) is 72.0 cm³/mol. The topological polar surface area (TPSA) is 92.4 Å². The zero-order chi connectivity index (χ0) is 13.9. The maximum atomic E-state index is 11.4. The summed E-state index contributed by atoms with van der Waals surface area (Å²) in [4.78, 5) is 22.4. The molecule has 1 saturated carbocycles. The SMILES string of the molecule is NC(=O)c1ccccc1NC1(CC(=O)O)CCCC1. The Morgan fingerprint density at radius 1 is 1.26 bits per heavy atom. The molecule has 0 radical (unpaired) electrons. The van der Waals surface area contributed by atoms with Gasteiger partial charge in [-0.05, 0) is 25.0 Å². The van der Waals surface area contributed by atoms with Crippen molar-refractivity contribution < 1.29 is 14.7 Å². The first-order chi connectivity index (χ1) is 9.02. The van der Waals surface area contributed by atoms with Gasteiger partial charge in [0.05, 0.1) is 12.0 Å². The smallest absolute Gasteiger partial charge is 0.305 e. The number of hydrogen-bond acceptors (Lipinski definition) is 3. The van der Waals surface area contributed by atoms with Crippen molar-refractivity contribution in [2.75, 3.05) is 5.32 Å². The minimum absolute atomic E-state index is 0.0557. The molecule has 19 heavy (non-hydrogen) atoms. The molecule has 1 aliphatic carbocycles. The van der Waals surface area contributed by atoms with Crippen LogP contribution in [0.15, 0.2) is 24.3 Å². The zero-order valence-electron chi connectivity index (χ0n) is 10.7. The second-order valence-electron chi connectivity index (χ2n) is 5.09. The summed E-state index contributed by atoms with van der Waals surface area (Å²) in [5, 5.41) is 12.3. The second-order valence-corrected chi connectivity index (χ2v) is 5.09. The van der Waals surface area contributed by atoms with E-state index in [-0.39, 0.29) is 6.42 Å². The summed E-state index contributed by atoms with van der Waals surface area (Å²) in [6.45, 7) is 0. The summed E-state index contributed by atoms with van der Waals surface area (Å²) in [6.07, 6.45) is 3.65. The van der Waals surface area contributed by atoms with Crippen LogP contribution in [0.5, 0.6) is 0 Å². The molecule has 1 aromatic rings. The van der Waals surface area contributed by atoms with E-state index < -0.39 is 17.4 Å². The van der Waals surface area contributed by atoms with Crippen LogP contribution in [0.4, 0.5) is 5.69 Å². The van der Waals surface area contributed by atoms with Crippen molar-refractivity contribution in [2.45, 2.75) is 37.6 Å². The predicted octanol–water partition coefficient (Wildman–Crippen LogP) is 1.98. The molecule has 1 aliphatic rings. The number of nitrogens with two attached hydrogens (primary N) is 1. The molecular formula is C14H18N2O3. The number of amides is 1. The minimum atomic E-state index is -0.828. The van der Waals surface area contributed by atoms with Gasteiger partial charge in [-0.25, -0.2) is 0 Å². The van der Waals surface area contributed by atoms with Gasteiger partial charge < -0.3 is 16.2 Å². The Labute approximate surface area is 111 Å². The average Bonchev–Trinajstić information content (AvgIpc) is 2.76. The third-order valence-corrected chi connectivity index (χ3v) is 3.64. The van der Waals surface area contributed by atoms with E-state index in [1.807, 2.05) is 0 Å². The summed E-state index contributed by atoms with van der Waals surface area (Å²) in [5.41, 5.74) is 5.90. The number of hydrogen-bond donors (Lipinski definition) is 3. The van der Waals surface area contributed by atoms with Gasteiger partial charge in [-0.1, -0.05) is 25.0 Å². The van der Waals surface area contributed by atoms with Gasteiger partial charge in [-0.15, -0.1) is 0 Å². The van der Waals surface area contributed by atoms with Crippen molar-refractivity contribution in [3.63, 3.8) is 0 Å². The van der Waals surface area contributed by atoms with Crippen LogP contribution in [0.2, 0.25) is 0 Å². The number of carboxylic acids is 1. The van der Waals surface area contributed by atoms with Crippen LogP contribution in [0.3, 0.4) is 0 Å². The molecule has 5 nitrogen and oxygen atoms in total. The van der Waals surface area contributed by atoms with E-state index in [0.717, 1.165) is 25.7 Å². The molecule has 1 amide bonds. The van der Waals surface area contributed by atoms with Gasteiger partial charge in [0.25, 0.3) is 5.91 Å². The van der Waals surface area contributed by atoms with Crippen LogP contribution in [0.1, 0.15) is 42.5 Å². The molecule has 0 saturated heterocycles. The van der Waals surface area contributed by atoms with E-state index >= 15 is 0 Å². The zero-order valence-corrected chi connectivity index (χ0v) is 10.7. The van der Waals surface area contributed by atoms with Crippen LogP contribution in [0.25, 0.3) is 0 Å². The first-order valence-corrected chi connectivity index (χ1v) is 6.41. The number of primary amides is 1. The average molecular weight is 262 g/mol. The molecular weight excluding hydrogens is 244 g/mol. The summed E-state index contributed by atoms with van der Waals surface area (Å²) in [5.74, 6) is -1.34. The highest BCUT2D eigenvalue weighted by Gasteiger charge is 2.36. The summed E-state index contributed by atoms with van der Waals surface area (Å²) in [6, 6.07) is 6.96. The second kappa shape index (κ2) is 5.30. The van der Waals surface area contributed by atoms with Gasteiger partial charge in [-0.2, -0.15) is 0 Å². The molecule has 5 heteroatoms. The van der Waals surface area contributed by atoms with Gasteiger partial charge in [0.1, 0.15) is 0 Å². The van der Waals surface area contributed by atoms with Gasteiger partial charge in [0.15, 0.2) is 0 Å². The standard InChI is InChI=1S/C14H18N2O3/c15-13(19)10-5-1-2-6-11(10)16-14(9-12(17)18)7-3-4-8-14/h1-2,5-6,16H,3-4,7-9H2,(H2,15,19)(H,17,18). The maximum absolute atomic E-state index is 11.4. The molecule has 0 atom stereocenters. The van der Waals surface area contributed by atoms with E-state index in [0.29, 0.717) is 11.3 Å². The lowest BCUT2D eigenvalue weighted by atomic mass is 9.92. The van der Waals surface area contributed by atoms with E-state index in [1.165, 1.54) is 0 Å². The number of carbonyl (C=O) groups excluding carboxylic acids is 1. The number of anilines is 1. The fourth-order valence-electron chi connectivity index (χ4n) is 2.78. The Bertz CT molecular complexity index is 493. The molecule has 0 aromatic heterocycles.